The smallest absolute Gasteiger partial charge is 0.387 e. The van der Waals surface area contributed by atoms with Crippen molar-refractivity contribution in [2.45, 2.75) is 18.4 Å². The van der Waals surface area contributed by atoms with Gasteiger partial charge < -0.3 is 9.84 Å². The molecule has 1 saturated heterocycles. The third-order valence-corrected chi connectivity index (χ3v) is 4.13. The zero-order chi connectivity index (χ0) is 17.3. The number of carbonyl (C=O) groups is 1. The van der Waals surface area contributed by atoms with Crippen LogP contribution < -0.4 is 0 Å². The van der Waals surface area contributed by atoms with E-state index >= 15 is 0 Å². The topological polar surface area (TPSA) is 70.3 Å². The lowest BCUT2D eigenvalue weighted by atomic mass is 9.72. The average Bonchev–Trinajstić information content (AvgIpc) is 2.64. The Morgan fingerprint density at radius 1 is 1.22 bits per heavy atom. The molecule has 1 aliphatic carbocycles. The highest BCUT2D eigenvalue weighted by molar-refractivity contribution is 6.07. The van der Waals surface area contributed by atoms with E-state index in [9.17, 15) is 36.2 Å². The van der Waals surface area contributed by atoms with Crippen LogP contribution in [0.2, 0.25) is 0 Å². The first-order valence-electron chi connectivity index (χ1n) is 6.10. The lowest BCUT2D eigenvalue weighted by molar-refractivity contribution is -0.324. The highest BCUT2D eigenvalue weighted by Gasteiger charge is 2.72. The van der Waals surface area contributed by atoms with Crippen LogP contribution in [0.25, 0.3) is 0 Å². The van der Waals surface area contributed by atoms with Crippen LogP contribution in [0.15, 0.2) is 0 Å². The summed E-state index contributed by atoms with van der Waals surface area (Å²) in [6.45, 7) is -0.936. The molecular formula is C13H5F6NO3. The number of nitrogens with zero attached hydrogens (tertiary/aromatic N) is 1. The number of ketones is 1. The van der Waals surface area contributed by atoms with Gasteiger partial charge in [-0.3, -0.25) is 4.79 Å². The molecule has 1 spiro atoms. The standard InChI is InChI=1S/C13H5F6NO3/c14-6-3(1-20)7(15)8(16)5-4(6)9(21)12(10(5)22)2-23-11(12)13(17,18)19/h10-11,22H,2H2. The summed E-state index contributed by atoms with van der Waals surface area (Å²) in [7, 11) is 0. The zero-order valence-corrected chi connectivity index (χ0v) is 10.8. The van der Waals surface area contributed by atoms with Crippen molar-refractivity contribution in [3.05, 3.63) is 34.1 Å². The molecule has 1 aromatic rings. The van der Waals surface area contributed by atoms with Gasteiger partial charge in [-0.25, -0.2) is 13.2 Å². The minimum Gasteiger partial charge on any atom is -0.387 e. The molecule has 0 radical (unpaired) electrons. The highest BCUT2D eigenvalue weighted by Crippen LogP contribution is 2.59. The predicted molar refractivity (Wildman–Crippen MR) is 58.5 cm³/mol. The lowest BCUT2D eigenvalue weighted by Gasteiger charge is -2.47. The quantitative estimate of drug-likeness (QED) is 0.582. The fourth-order valence-corrected chi connectivity index (χ4v) is 3.01. The normalized spacial score (nSPS) is 29.4. The number of halogens is 6. The number of alkyl halides is 3. The van der Waals surface area contributed by atoms with Crippen molar-refractivity contribution in [2.24, 2.45) is 5.41 Å². The zero-order valence-electron chi connectivity index (χ0n) is 10.8. The van der Waals surface area contributed by atoms with Gasteiger partial charge in [-0.05, 0) is 0 Å². The number of benzene rings is 1. The van der Waals surface area contributed by atoms with E-state index in [4.69, 9.17) is 5.26 Å². The van der Waals surface area contributed by atoms with Gasteiger partial charge in [0.05, 0.1) is 12.2 Å². The van der Waals surface area contributed by atoms with Crippen LogP contribution >= 0.6 is 0 Å². The molecule has 0 amide bonds. The molecule has 0 bridgehead atoms. The Balaban J connectivity index is 2.28. The van der Waals surface area contributed by atoms with Crippen LogP contribution in [-0.4, -0.2) is 29.8 Å². The van der Waals surface area contributed by atoms with Crippen LogP contribution in [0.4, 0.5) is 26.3 Å². The Morgan fingerprint density at radius 2 is 1.83 bits per heavy atom. The predicted octanol–water partition coefficient (Wildman–Crippen LogP) is 2.15. The van der Waals surface area contributed by atoms with Crippen LogP contribution in [0, 0.1) is 34.2 Å². The van der Waals surface area contributed by atoms with Gasteiger partial charge >= 0.3 is 6.18 Å². The Kier molecular flexibility index (Phi) is 3.05. The third-order valence-electron chi connectivity index (χ3n) is 4.13. The van der Waals surface area contributed by atoms with Crippen molar-refractivity contribution in [1.29, 1.82) is 5.26 Å². The van der Waals surface area contributed by atoms with Gasteiger partial charge in [0.25, 0.3) is 0 Å². The Labute approximate surface area is 123 Å². The molecule has 10 heteroatoms. The number of carbonyl (C=O) groups excluding carboxylic acids is 1. The van der Waals surface area contributed by atoms with E-state index in [1.807, 2.05) is 0 Å². The SMILES string of the molecule is N#Cc1c(F)c(F)c2c(c1F)C(=O)C1(COC1C(F)(F)F)C2O. The number of ether oxygens (including phenoxy) is 1. The van der Waals surface area contributed by atoms with Crippen LogP contribution in [0.1, 0.15) is 27.6 Å². The van der Waals surface area contributed by atoms with Crippen molar-refractivity contribution < 1.29 is 41.0 Å². The minimum atomic E-state index is -5.08. The molecule has 1 heterocycles. The molecule has 3 atom stereocenters. The summed E-state index contributed by atoms with van der Waals surface area (Å²) in [6.07, 6.45) is -10.3. The molecule has 0 aromatic heterocycles. The summed E-state index contributed by atoms with van der Waals surface area (Å²) in [6, 6.07) is 0.997. The molecule has 3 unspecified atom stereocenters. The number of nitriles is 1. The van der Waals surface area contributed by atoms with E-state index < -0.39 is 70.3 Å². The Morgan fingerprint density at radius 3 is 2.26 bits per heavy atom. The number of rotatable bonds is 0. The van der Waals surface area contributed by atoms with Gasteiger partial charge in [-0.15, -0.1) is 0 Å². The van der Waals surface area contributed by atoms with Gasteiger partial charge in [0.1, 0.15) is 23.2 Å². The maximum absolute atomic E-state index is 14.1. The second-order valence-electron chi connectivity index (χ2n) is 5.22. The van der Waals surface area contributed by atoms with Crippen LogP contribution in [0.3, 0.4) is 0 Å². The number of hydrogen-bond acceptors (Lipinski definition) is 4. The van der Waals surface area contributed by atoms with Crippen molar-refractivity contribution in [3.63, 3.8) is 0 Å². The molecule has 1 N–H and O–H groups in total. The molecule has 0 saturated carbocycles. The second-order valence-corrected chi connectivity index (χ2v) is 5.22. The summed E-state index contributed by atoms with van der Waals surface area (Å²) in [5, 5.41) is 18.6. The summed E-state index contributed by atoms with van der Waals surface area (Å²) >= 11 is 0. The van der Waals surface area contributed by atoms with E-state index in [0.717, 1.165) is 6.07 Å². The summed E-state index contributed by atoms with van der Waals surface area (Å²) in [5.41, 5.74) is -6.59. The van der Waals surface area contributed by atoms with Crippen LogP contribution in [-0.2, 0) is 4.74 Å². The molecule has 1 aliphatic heterocycles. The van der Waals surface area contributed by atoms with Gasteiger partial charge in [0.2, 0.25) is 0 Å². The first-order valence-corrected chi connectivity index (χ1v) is 6.10. The van der Waals surface area contributed by atoms with Gasteiger partial charge in [-0.1, -0.05) is 0 Å². The molecular weight excluding hydrogens is 332 g/mol. The molecule has 1 aromatic carbocycles. The summed E-state index contributed by atoms with van der Waals surface area (Å²) in [4.78, 5) is 12.2. The molecule has 3 rings (SSSR count). The third kappa shape index (κ3) is 1.66. The van der Waals surface area contributed by atoms with E-state index in [1.54, 1.807) is 0 Å². The first kappa shape index (κ1) is 15.8. The molecule has 4 nitrogen and oxygen atoms in total. The van der Waals surface area contributed by atoms with Gasteiger partial charge in [0, 0.05) is 5.56 Å². The number of aliphatic hydroxyl groups excluding tert-OH is 1. The molecule has 23 heavy (non-hydrogen) atoms. The Bertz CT molecular complexity index is 784. The monoisotopic (exact) mass is 337 g/mol. The Hall–Kier alpha value is -2.12. The second kappa shape index (κ2) is 4.46. The van der Waals surface area contributed by atoms with Crippen molar-refractivity contribution in [2.75, 3.05) is 6.61 Å². The van der Waals surface area contributed by atoms with Crippen molar-refractivity contribution in [1.82, 2.24) is 0 Å². The first-order chi connectivity index (χ1) is 10.6. The largest absolute Gasteiger partial charge is 0.415 e. The van der Waals surface area contributed by atoms with Crippen molar-refractivity contribution >= 4 is 5.78 Å². The van der Waals surface area contributed by atoms with Gasteiger partial charge in [-0.2, -0.15) is 18.4 Å². The van der Waals surface area contributed by atoms with Gasteiger partial charge in [0.15, 0.2) is 29.3 Å². The molecule has 122 valence electrons. The maximum Gasteiger partial charge on any atom is 0.415 e. The summed E-state index contributed by atoms with van der Waals surface area (Å²) < 4.78 is 84.6. The van der Waals surface area contributed by atoms with E-state index in [-0.39, 0.29) is 0 Å². The molecule has 1 fully saturated rings. The minimum absolute atomic E-state index is 0.936. The van der Waals surface area contributed by atoms with Crippen LogP contribution in [0.5, 0.6) is 0 Å². The highest BCUT2D eigenvalue weighted by atomic mass is 19.4. The molecule has 2 aliphatic rings. The summed E-state index contributed by atoms with van der Waals surface area (Å²) in [5.74, 6) is -7.27. The fourth-order valence-electron chi connectivity index (χ4n) is 3.01. The maximum atomic E-state index is 14.1. The van der Waals surface area contributed by atoms with E-state index in [2.05, 4.69) is 4.74 Å². The number of Topliss-reactive ketones (excluding diaryl/α,β-unsaturated/α-hetero) is 1. The lowest BCUT2D eigenvalue weighted by Crippen LogP contribution is -2.63. The number of hydrogen-bond donors (Lipinski definition) is 1. The average molecular weight is 337 g/mol. The number of fused-ring (bicyclic) bond motifs is 1. The van der Waals surface area contributed by atoms with Crippen molar-refractivity contribution in [3.8, 4) is 6.07 Å². The number of aliphatic hydroxyl groups is 1. The van der Waals surface area contributed by atoms with E-state index in [0.29, 0.717) is 0 Å². The van der Waals surface area contributed by atoms with E-state index in [1.165, 1.54) is 0 Å². The fraction of sp³-hybridized carbons (Fsp3) is 0.385.